The minimum absolute atomic E-state index is 0.148. The van der Waals surface area contributed by atoms with Crippen molar-refractivity contribution in [2.24, 2.45) is 5.41 Å². The molecule has 1 fully saturated rings. The summed E-state index contributed by atoms with van der Waals surface area (Å²) < 4.78 is 0. The van der Waals surface area contributed by atoms with Crippen LogP contribution in [0.3, 0.4) is 0 Å². The number of hydrogen-bond acceptors (Lipinski definition) is 3. The molecule has 0 radical (unpaired) electrons. The van der Waals surface area contributed by atoms with Crippen molar-refractivity contribution in [2.45, 2.75) is 39.5 Å². The second kappa shape index (κ2) is 5.61. The number of Topliss-reactive ketones (excluding diaryl/α,β-unsaturated/α-hetero) is 1. The molecule has 1 aromatic heterocycles. The molecule has 3 nitrogen and oxygen atoms in total. The van der Waals surface area contributed by atoms with Crippen LogP contribution in [0.1, 0.15) is 37.9 Å². The van der Waals surface area contributed by atoms with E-state index in [0.717, 1.165) is 38.0 Å². The third-order valence-electron chi connectivity index (χ3n) is 4.15. The molecule has 0 spiro atoms. The molecule has 0 aliphatic carbocycles. The van der Waals surface area contributed by atoms with E-state index in [0.29, 0.717) is 12.2 Å². The summed E-state index contributed by atoms with van der Waals surface area (Å²) >= 11 is 0. The third-order valence-corrected chi connectivity index (χ3v) is 4.15. The molecular formula is C15H22N2O. The Balaban J connectivity index is 2.05. The Morgan fingerprint density at radius 1 is 1.44 bits per heavy atom. The molecule has 1 aliphatic heterocycles. The van der Waals surface area contributed by atoms with Crippen LogP contribution in [0.4, 0.5) is 0 Å². The number of carbonyl (C=O) groups excluding carboxylic acids is 1. The molecule has 1 N–H and O–H groups in total. The van der Waals surface area contributed by atoms with Crippen LogP contribution in [0.15, 0.2) is 18.3 Å². The number of ketones is 1. The summed E-state index contributed by atoms with van der Waals surface area (Å²) in [7, 11) is 0. The number of nitrogens with zero attached hydrogens (tertiary/aromatic N) is 1. The summed E-state index contributed by atoms with van der Waals surface area (Å²) in [6.07, 6.45) is 5.24. The fourth-order valence-corrected chi connectivity index (χ4v) is 2.60. The largest absolute Gasteiger partial charge is 0.316 e. The number of pyridine rings is 1. The zero-order valence-electron chi connectivity index (χ0n) is 11.3. The lowest BCUT2D eigenvalue weighted by molar-refractivity contribution is -0.127. The van der Waals surface area contributed by atoms with E-state index in [1.165, 1.54) is 5.56 Å². The Bertz CT molecular complexity index is 405. The first-order valence-electron chi connectivity index (χ1n) is 6.88. The predicted octanol–water partition coefficient (Wildman–Crippen LogP) is 2.15. The molecule has 1 aromatic rings. The molecule has 2 heterocycles. The Morgan fingerprint density at radius 3 is 2.78 bits per heavy atom. The first-order chi connectivity index (χ1) is 8.70. The van der Waals surface area contributed by atoms with Crippen molar-refractivity contribution in [3.8, 4) is 0 Å². The van der Waals surface area contributed by atoms with Crippen molar-refractivity contribution in [3.63, 3.8) is 0 Å². The fourth-order valence-electron chi connectivity index (χ4n) is 2.60. The third kappa shape index (κ3) is 2.61. The van der Waals surface area contributed by atoms with E-state index in [4.69, 9.17) is 0 Å². The molecule has 0 saturated carbocycles. The van der Waals surface area contributed by atoms with Crippen LogP contribution in [0.5, 0.6) is 0 Å². The van der Waals surface area contributed by atoms with Crippen molar-refractivity contribution < 1.29 is 4.79 Å². The van der Waals surface area contributed by atoms with Gasteiger partial charge >= 0.3 is 0 Å². The highest BCUT2D eigenvalue weighted by atomic mass is 16.1. The molecule has 2 rings (SSSR count). The zero-order chi connectivity index (χ0) is 13.0. The normalized spacial score (nSPS) is 23.2. The van der Waals surface area contributed by atoms with Crippen LogP contribution in [0.2, 0.25) is 0 Å². The molecule has 18 heavy (non-hydrogen) atoms. The maximum absolute atomic E-state index is 12.4. The summed E-state index contributed by atoms with van der Waals surface area (Å²) in [5, 5.41) is 3.31. The summed E-state index contributed by atoms with van der Waals surface area (Å²) in [5.74, 6) is 0.340. The SMILES string of the molecule is CCc1ccc(CC(=O)C2(CC)CCNC2)nc1. The summed E-state index contributed by atoms with van der Waals surface area (Å²) in [6.45, 7) is 6.01. The van der Waals surface area contributed by atoms with Crippen molar-refractivity contribution in [1.82, 2.24) is 10.3 Å². The molecule has 0 aromatic carbocycles. The summed E-state index contributed by atoms with van der Waals surface area (Å²) in [4.78, 5) is 16.8. The van der Waals surface area contributed by atoms with E-state index >= 15 is 0 Å². The summed E-state index contributed by atoms with van der Waals surface area (Å²) in [6, 6.07) is 4.06. The molecule has 1 unspecified atom stereocenters. The van der Waals surface area contributed by atoms with Crippen LogP contribution in [0.25, 0.3) is 0 Å². The van der Waals surface area contributed by atoms with Gasteiger partial charge in [-0.3, -0.25) is 9.78 Å². The first kappa shape index (κ1) is 13.2. The van der Waals surface area contributed by atoms with E-state index in [1.807, 2.05) is 12.3 Å². The Kier molecular flexibility index (Phi) is 4.12. The standard InChI is InChI=1S/C15H22N2O/c1-3-12-5-6-13(17-10-12)9-14(18)15(4-2)7-8-16-11-15/h5-6,10,16H,3-4,7-9,11H2,1-2H3. The lowest BCUT2D eigenvalue weighted by Gasteiger charge is -2.24. The molecule has 1 atom stereocenters. The van der Waals surface area contributed by atoms with Gasteiger partial charge in [0.05, 0.1) is 0 Å². The second-order valence-electron chi connectivity index (χ2n) is 5.17. The van der Waals surface area contributed by atoms with Gasteiger partial charge < -0.3 is 5.32 Å². The van der Waals surface area contributed by atoms with Gasteiger partial charge in [0.15, 0.2) is 0 Å². The number of rotatable bonds is 5. The number of aryl methyl sites for hydroxylation is 1. The number of aromatic nitrogens is 1. The molecule has 1 saturated heterocycles. The van der Waals surface area contributed by atoms with Gasteiger partial charge in [0.1, 0.15) is 5.78 Å². The smallest absolute Gasteiger partial charge is 0.146 e. The predicted molar refractivity (Wildman–Crippen MR) is 72.5 cm³/mol. The highest BCUT2D eigenvalue weighted by Crippen LogP contribution is 2.31. The highest BCUT2D eigenvalue weighted by molar-refractivity contribution is 5.87. The Hall–Kier alpha value is -1.22. The maximum Gasteiger partial charge on any atom is 0.146 e. The van der Waals surface area contributed by atoms with Gasteiger partial charge in [-0.05, 0) is 37.4 Å². The van der Waals surface area contributed by atoms with Gasteiger partial charge in [-0.2, -0.15) is 0 Å². The average Bonchev–Trinajstić information content (AvgIpc) is 2.89. The molecular weight excluding hydrogens is 224 g/mol. The number of hydrogen-bond donors (Lipinski definition) is 1. The number of nitrogens with one attached hydrogen (secondary N) is 1. The van der Waals surface area contributed by atoms with E-state index in [2.05, 4.69) is 30.2 Å². The minimum Gasteiger partial charge on any atom is -0.316 e. The average molecular weight is 246 g/mol. The van der Waals surface area contributed by atoms with E-state index in [-0.39, 0.29) is 5.41 Å². The first-order valence-corrected chi connectivity index (χ1v) is 6.88. The van der Waals surface area contributed by atoms with Crippen molar-refractivity contribution >= 4 is 5.78 Å². The van der Waals surface area contributed by atoms with E-state index < -0.39 is 0 Å². The topological polar surface area (TPSA) is 42.0 Å². The maximum atomic E-state index is 12.4. The van der Waals surface area contributed by atoms with Crippen LogP contribution in [-0.2, 0) is 17.6 Å². The fraction of sp³-hybridized carbons (Fsp3) is 0.600. The Morgan fingerprint density at radius 2 is 2.28 bits per heavy atom. The van der Waals surface area contributed by atoms with Gasteiger partial charge in [0.25, 0.3) is 0 Å². The van der Waals surface area contributed by atoms with Gasteiger partial charge in [-0.15, -0.1) is 0 Å². The van der Waals surface area contributed by atoms with E-state index in [1.54, 1.807) is 0 Å². The van der Waals surface area contributed by atoms with Gasteiger partial charge in [-0.25, -0.2) is 0 Å². The van der Waals surface area contributed by atoms with Crippen LogP contribution < -0.4 is 5.32 Å². The molecule has 98 valence electrons. The van der Waals surface area contributed by atoms with Crippen LogP contribution in [-0.4, -0.2) is 23.9 Å². The van der Waals surface area contributed by atoms with Crippen LogP contribution >= 0.6 is 0 Å². The lowest BCUT2D eigenvalue weighted by atomic mass is 9.78. The quantitative estimate of drug-likeness (QED) is 0.865. The molecule has 1 aliphatic rings. The van der Waals surface area contributed by atoms with Crippen molar-refractivity contribution in [1.29, 1.82) is 0 Å². The van der Waals surface area contributed by atoms with Crippen LogP contribution in [0, 0.1) is 5.41 Å². The second-order valence-corrected chi connectivity index (χ2v) is 5.17. The lowest BCUT2D eigenvalue weighted by Crippen LogP contribution is -2.34. The minimum atomic E-state index is -0.148. The highest BCUT2D eigenvalue weighted by Gasteiger charge is 2.38. The Labute approximate surface area is 109 Å². The monoisotopic (exact) mass is 246 g/mol. The van der Waals surface area contributed by atoms with Crippen molar-refractivity contribution in [3.05, 3.63) is 29.6 Å². The molecule has 0 bridgehead atoms. The van der Waals surface area contributed by atoms with Gasteiger partial charge in [-0.1, -0.05) is 19.9 Å². The van der Waals surface area contributed by atoms with Gasteiger partial charge in [0.2, 0.25) is 0 Å². The summed E-state index contributed by atoms with van der Waals surface area (Å²) in [5.41, 5.74) is 1.97. The van der Waals surface area contributed by atoms with E-state index in [9.17, 15) is 4.79 Å². The van der Waals surface area contributed by atoms with Gasteiger partial charge in [0, 0.05) is 30.3 Å². The molecule has 3 heteroatoms. The zero-order valence-corrected chi connectivity index (χ0v) is 11.3. The number of carbonyl (C=O) groups is 1. The molecule has 0 amide bonds. The van der Waals surface area contributed by atoms with Crippen molar-refractivity contribution in [2.75, 3.05) is 13.1 Å².